The minimum absolute atomic E-state index is 0.0749. The van der Waals surface area contributed by atoms with Crippen LogP contribution in [0.25, 0.3) is 11.0 Å². The number of benzene rings is 2. The fourth-order valence-electron chi connectivity index (χ4n) is 2.18. The van der Waals surface area contributed by atoms with Crippen molar-refractivity contribution < 1.29 is 14.0 Å². The van der Waals surface area contributed by atoms with E-state index in [9.17, 15) is 18.8 Å². The molecule has 0 aliphatic rings. The van der Waals surface area contributed by atoms with Gasteiger partial charge < -0.3 is 10.3 Å². The predicted octanol–water partition coefficient (Wildman–Crippen LogP) is 2.47. The maximum absolute atomic E-state index is 12.8. The fourth-order valence-corrected chi connectivity index (χ4v) is 2.35. The van der Waals surface area contributed by atoms with Crippen LogP contribution < -0.4 is 10.9 Å². The average molecular weight is 360 g/mol. The van der Waals surface area contributed by atoms with Crippen LogP contribution in [0, 0.1) is 5.82 Å². The Bertz CT molecular complexity index is 1030. The smallest absolute Gasteiger partial charge is 0.292 e. The zero-order valence-corrected chi connectivity index (χ0v) is 13.4. The van der Waals surface area contributed by atoms with Crippen LogP contribution in [-0.2, 0) is 16.0 Å². The Labute approximate surface area is 145 Å². The fraction of sp³-hybridized carbons (Fsp3) is 0.0588. The summed E-state index contributed by atoms with van der Waals surface area (Å²) in [5.41, 5.74) is 0.511. The lowest BCUT2D eigenvalue weighted by atomic mass is 10.2. The second-order valence-corrected chi connectivity index (χ2v) is 5.67. The Morgan fingerprint density at radius 1 is 1.16 bits per heavy atom. The highest BCUT2D eigenvalue weighted by Gasteiger charge is 2.18. The molecule has 8 heteroatoms. The minimum atomic E-state index is -0.913. The van der Waals surface area contributed by atoms with Crippen LogP contribution >= 0.6 is 11.6 Å². The van der Waals surface area contributed by atoms with Gasteiger partial charge in [0.1, 0.15) is 11.5 Å². The molecule has 0 aliphatic carbocycles. The third-order valence-electron chi connectivity index (χ3n) is 3.41. The maximum Gasteiger partial charge on any atom is 0.292 e. The number of anilines is 1. The molecule has 126 valence electrons. The Balaban J connectivity index is 1.78. The lowest BCUT2D eigenvalue weighted by molar-refractivity contribution is -0.134. The summed E-state index contributed by atoms with van der Waals surface area (Å²) in [6.07, 6.45) is -0.457. The molecule has 0 aliphatic heterocycles. The van der Waals surface area contributed by atoms with E-state index in [4.69, 9.17) is 11.6 Å². The molecule has 25 heavy (non-hydrogen) atoms. The third-order valence-corrected chi connectivity index (χ3v) is 3.64. The lowest BCUT2D eigenvalue weighted by Crippen LogP contribution is -2.28. The van der Waals surface area contributed by atoms with Crippen molar-refractivity contribution in [1.82, 2.24) is 9.97 Å². The molecule has 0 radical (unpaired) electrons. The molecule has 0 unspecified atom stereocenters. The number of fused-ring (bicyclic) bond motifs is 1. The van der Waals surface area contributed by atoms with Gasteiger partial charge in [-0.2, -0.15) is 0 Å². The van der Waals surface area contributed by atoms with Gasteiger partial charge >= 0.3 is 0 Å². The molecular formula is C17H11ClFN3O3. The van der Waals surface area contributed by atoms with Gasteiger partial charge in [-0.3, -0.25) is 14.4 Å². The Morgan fingerprint density at radius 2 is 1.88 bits per heavy atom. The number of rotatable bonds is 4. The van der Waals surface area contributed by atoms with E-state index < -0.39 is 29.5 Å². The number of hydrogen-bond acceptors (Lipinski definition) is 4. The summed E-state index contributed by atoms with van der Waals surface area (Å²) in [5.74, 6) is -2.21. The number of aromatic nitrogens is 2. The van der Waals surface area contributed by atoms with Crippen molar-refractivity contribution in [3.8, 4) is 0 Å². The maximum atomic E-state index is 12.8. The van der Waals surface area contributed by atoms with Crippen molar-refractivity contribution in [3.63, 3.8) is 0 Å². The molecule has 0 atom stereocenters. The number of ketones is 1. The Morgan fingerprint density at radius 3 is 2.60 bits per heavy atom. The van der Waals surface area contributed by atoms with Gasteiger partial charge in [0.2, 0.25) is 5.78 Å². The highest BCUT2D eigenvalue weighted by Crippen LogP contribution is 2.15. The lowest BCUT2D eigenvalue weighted by Gasteiger charge is -2.05. The van der Waals surface area contributed by atoms with Crippen molar-refractivity contribution in [2.75, 3.05) is 5.32 Å². The first-order valence-corrected chi connectivity index (χ1v) is 7.58. The molecule has 1 heterocycles. The molecule has 3 rings (SSSR count). The van der Waals surface area contributed by atoms with E-state index in [0.717, 1.165) is 12.1 Å². The number of hydrogen-bond donors (Lipinski definition) is 2. The Kier molecular flexibility index (Phi) is 4.58. The van der Waals surface area contributed by atoms with E-state index in [1.165, 1.54) is 18.2 Å². The van der Waals surface area contributed by atoms with E-state index in [0.29, 0.717) is 16.1 Å². The van der Waals surface area contributed by atoms with Crippen LogP contribution in [0.1, 0.15) is 5.69 Å². The molecule has 2 N–H and O–H groups in total. The molecule has 2 aromatic carbocycles. The van der Waals surface area contributed by atoms with Gasteiger partial charge in [-0.25, -0.2) is 9.37 Å². The number of carbonyl (C=O) groups excluding carboxylic acids is 2. The van der Waals surface area contributed by atoms with Crippen LogP contribution in [0.2, 0.25) is 5.02 Å². The van der Waals surface area contributed by atoms with Gasteiger partial charge in [0.05, 0.1) is 17.5 Å². The first kappa shape index (κ1) is 16.8. The summed E-state index contributed by atoms with van der Waals surface area (Å²) in [6.45, 7) is 0. The van der Waals surface area contributed by atoms with Crippen LogP contribution in [0.3, 0.4) is 0 Å². The van der Waals surface area contributed by atoms with E-state index in [1.807, 2.05) is 0 Å². The summed E-state index contributed by atoms with van der Waals surface area (Å²) in [4.78, 5) is 42.6. The van der Waals surface area contributed by atoms with Gasteiger partial charge in [-0.05, 0) is 42.5 Å². The first-order valence-electron chi connectivity index (χ1n) is 7.20. The van der Waals surface area contributed by atoms with E-state index in [-0.39, 0.29) is 11.4 Å². The normalized spacial score (nSPS) is 10.6. The summed E-state index contributed by atoms with van der Waals surface area (Å²) >= 11 is 5.84. The van der Waals surface area contributed by atoms with Gasteiger partial charge in [0.15, 0.2) is 0 Å². The topological polar surface area (TPSA) is 91.9 Å². The van der Waals surface area contributed by atoms with Crippen LogP contribution in [-0.4, -0.2) is 21.7 Å². The summed E-state index contributed by atoms with van der Waals surface area (Å²) in [7, 11) is 0. The van der Waals surface area contributed by atoms with Gasteiger partial charge in [0, 0.05) is 10.7 Å². The van der Waals surface area contributed by atoms with Gasteiger partial charge in [0.25, 0.3) is 11.5 Å². The van der Waals surface area contributed by atoms with Crippen LogP contribution in [0.5, 0.6) is 0 Å². The van der Waals surface area contributed by atoms with Crippen molar-refractivity contribution in [3.05, 3.63) is 69.4 Å². The summed E-state index contributed by atoms with van der Waals surface area (Å²) in [5, 5.41) is 2.78. The second-order valence-electron chi connectivity index (χ2n) is 5.24. The molecule has 1 amide bonds. The SMILES string of the molecule is O=C(Cc1nc2ccc(Cl)cc2[nH]c1=O)C(=O)Nc1ccc(F)cc1. The highest BCUT2D eigenvalue weighted by molar-refractivity contribution is 6.41. The number of H-pyrrole nitrogens is 1. The molecule has 3 aromatic rings. The zero-order valence-electron chi connectivity index (χ0n) is 12.7. The quantitative estimate of drug-likeness (QED) is 0.700. The molecule has 0 spiro atoms. The average Bonchev–Trinajstić information content (AvgIpc) is 2.57. The molecule has 6 nitrogen and oxygen atoms in total. The largest absolute Gasteiger partial charge is 0.319 e. The van der Waals surface area contributed by atoms with Crippen LogP contribution in [0.4, 0.5) is 10.1 Å². The number of aromatic amines is 1. The molecule has 0 fully saturated rings. The van der Waals surface area contributed by atoms with Crippen molar-refractivity contribution in [2.45, 2.75) is 6.42 Å². The summed E-state index contributed by atoms with van der Waals surface area (Å²) < 4.78 is 12.8. The number of amides is 1. The van der Waals surface area contributed by atoms with Crippen LogP contribution in [0.15, 0.2) is 47.3 Å². The first-order chi connectivity index (χ1) is 11.9. The van der Waals surface area contributed by atoms with E-state index in [1.54, 1.807) is 12.1 Å². The molecular weight excluding hydrogens is 349 g/mol. The minimum Gasteiger partial charge on any atom is -0.319 e. The van der Waals surface area contributed by atoms with Crippen molar-refractivity contribution in [2.24, 2.45) is 0 Å². The summed E-state index contributed by atoms with van der Waals surface area (Å²) in [6, 6.07) is 9.69. The van der Waals surface area contributed by atoms with E-state index in [2.05, 4.69) is 15.3 Å². The van der Waals surface area contributed by atoms with Crippen molar-refractivity contribution >= 4 is 40.0 Å². The predicted molar refractivity (Wildman–Crippen MR) is 91.1 cm³/mol. The number of carbonyl (C=O) groups is 2. The monoisotopic (exact) mass is 359 g/mol. The van der Waals surface area contributed by atoms with E-state index >= 15 is 0 Å². The van der Waals surface area contributed by atoms with Gasteiger partial charge in [-0.15, -0.1) is 0 Å². The third kappa shape index (κ3) is 3.89. The molecule has 0 saturated carbocycles. The van der Waals surface area contributed by atoms with Gasteiger partial charge in [-0.1, -0.05) is 11.6 Å². The second kappa shape index (κ2) is 6.82. The highest BCUT2D eigenvalue weighted by atomic mass is 35.5. The molecule has 0 saturated heterocycles. The molecule has 1 aromatic heterocycles. The zero-order chi connectivity index (χ0) is 18.0. The van der Waals surface area contributed by atoms with Crippen molar-refractivity contribution in [1.29, 1.82) is 0 Å². The standard InChI is InChI=1S/C17H11ClFN3O3/c18-9-1-6-12-13(7-9)22-16(24)14(21-12)8-15(23)17(25)20-11-4-2-10(19)3-5-11/h1-7H,8H2,(H,20,25)(H,22,24). The number of Topliss-reactive ketones (excluding diaryl/α,β-unsaturated/α-hetero) is 1. The number of halogens is 2. The Hall–Kier alpha value is -3.06. The molecule has 0 bridgehead atoms. The number of nitrogens with one attached hydrogen (secondary N) is 2. The number of nitrogens with zero attached hydrogens (tertiary/aromatic N) is 1.